The van der Waals surface area contributed by atoms with Crippen LogP contribution in [-0.4, -0.2) is 39.3 Å². The van der Waals surface area contributed by atoms with Gasteiger partial charge in [0.25, 0.3) is 5.91 Å². The number of aryl methyl sites for hydroxylation is 1. The summed E-state index contributed by atoms with van der Waals surface area (Å²) >= 11 is 5.91. The quantitative estimate of drug-likeness (QED) is 0.406. The first-order valence-electron chi connectivity index (χ1n) is 10.5. The van der Waals surface area contributed by atoms with Crippen LogP contribution in [-0.2, 0) is 18.3 Å². The zero-order valence-corrected chi connectivity index (χ0v) is 19.5. The Morgan fingerprint density at radius 2 is 1.80 bits per heavy atom. The average Bonchev–Trinajstić information content (AvgIpc) is 3.09. The number of benzene rings is 3. The van der Waals surface area contributed by atoms with Gasteiger partial charge in [-0.25, -0.2) is 14.0 Å². The highest BCUT2D eigenvalue weighted by atomic mass is 35.5. The SMILES string of the molecule is COc1cccc2c1n(-c1ccc(CC(NC(=O)c3c(F)cccc3Cl)C(=O)O)cc1)c(=O)n2C. The fourth-order valence-corrected chi connectivity index (χ4v) is 4.17. The number of fused-ring (bicyclic) bond motifs is 1. The first-order valence-corrected chi connectivity index (χ1v) is 10.9. The second kappa shape index (κ2) is 9.63. The average molecular weight is 498 g/mol. The molecule has 8 nitrogen and oxygen atoms in total. The molecule has 180 valence electrons. The number of carbonyl (C=O) groups is 2. The number of carbonyl (C=O) groups excluding carboxylic acids is 1. The fourth-order valence-electron chi connectivity index (χ4n) is 3.92. The molecule has 0 fully saturated rings. The van der Waals surface area contributed by atoms with Gasteiger partial charge in [0.05, 0.1) is 28.9 Å². The summed E-state index contributed by atoms with van der Waals surface area (Å²) in [6, 6.07) is 14.5. The minimum absolute atomic E-state index is 0.0683. The number of hydrogen-bond donors (Lipinski definition) is 2. The van der Waals surface area contributed by atoms with Crippen LogP contribution < -0.4 is 15.7 Å². The molecule has 0 saturated heterocycles. The number of amides is 1. The topological polar surface area (TPSA) is 103 Å². The van der Waals surface area contributed by atoms with Crippen LogP contribution in [0.1, 0.15) is 15.9 Å². The molecular formula is C25H21ClFN3O5. The Kier molecular flexibility index (Phi) is 6.61. The van der Waals surface area contributed by atoms with Crippen LogP contribution in [0.4, 0.5) is 4.39 Å². The molecule has 35 heavy (non-hydrogen) atoms. The number of ether oxygens (including phenoxy) is 1. The van der Waals surface area contributed by atoms with Gasteiger partial charge in [0.2, 0.25) is 0 Å². The van der Waals surface area contributed by atoms with E-state index in [9.17, 15) is 23.9 Å². The summed E-state index contributed by atoms with van der Waals surface area (Å²) in [4.78, 5) is 37.2. The van der Waals surface area contributed by atoms with Crippen LogP contribution in [0.25, 0.3) is 16.7 Å². The molecule has 1 unspecified atom stereocenters. The van der Waals surface area contributed by atoms with E-state index >= 15 is 0 Å². The standard InChI is InChI=1S/C25H21ClFN3O5/c1-29-19-7-4-8-20(35-2)22(19)30(25(29)34)15-11-9-14(10-12-15)13-18(24(32)33)28-23(31)21-16(26)5-3-6-17(21)27/h3-12,18H,13H2,1-2H3,(H,28,31)(H,32,33). The number of para-hydroxylation sites is 1. The smallest absolute Gasteiger partial charge is 0.333 e. The molecule has 0 bridgehead atoms. The number of methoxy groups -OCH3 is 1. The zero-order valence-electron chi connectivity index (χ0n) is 18.8. The number of carboxylic acids is 1. The molecule has 0 spiro atoms. The van der Waals surface area contributed by atoms with E-state index in [0.29, 0.717) is 28.0 Å². The lowest BCUT2D eigenvalue weighted by atomic mass is 10.0. The minimum Gasteiger partial charge on any atom is -0.494 e. The molecule has 10 heteroatoms. The van der Waals surface area contributed by atoms with Crippen LogP contribution in [0.15, 0.2) is 65.5 Å². The normalized spacial score (nSPS) is 11.9. The maximum atomic E-state index is 14.1. The van der Waals surface area contributed by atoms with E-state index in [1.165, 1.54) is 28.4 Å². The number of imidazole rings is 1. The Morgan fingerprint density at radius 3 is 2.43 bits per heavy atom. The largest absolute Gasteiger partial charge is 0.494 e. The van der Waals surface area contributed by atoms with E-state index in [2.05, 4.69) is 5.32 Å². The van der Waals surface area contributed by atoms with Crippen molar-refractivity contribution >= 4 is 34.5 Å². The Morgan fingerprint density at radius 1 is 1.11 bits per heavy atom. The summed E-state index contributed by atoms with van der Waals surface area (Å²) < 4.78 is 22.5. The third kappa shape index (κ3) is 4.50. The zero-order chi connectivity index (χ0) is 25.3. The highest BCUT2D eigenvalue weighted by Gasteiger charge is 2.24. The van der Waals surface area contributed by atoms with Crippen molar-refractivity contribution in [2.45, 2.75) is 12.5 Å². The van der Waals surface area contributed by atoms with Crippen LogP contribution in [0, 0.1) is 5.82 Å². The fraction of sp³-hybridized carbons (Fsp3) is 0.160. The van der Waals surface area contributed by atoms with Crippen LogP contribution in [0.2, 0.25) is 5.02 Å². The lowest BCUT2D eigenvalue weighted by molar-refractivity contribution is -0.139. The Balaban J connectivity index is 1.62. The van der Waals surface area contributed by atoms with E-state index in [1.807, 2.05) is 6.07 Å². The molecule has 0 aliphatic heterocycles. The summed E-state index contributed by atoms with van der Waals surface area (Å²) in [6.45, 7) is 0. The third-order valence-electron chi connectivity index (χ3n) is 5.69. The van der Waals surface area contributed by atoms with Gasteiger partial charge in [0.15, 0.2) is 0 Å². The van der Waals surface area contributed by atoms with Gasteiger partial charge < -0.3 is 15.2 Å². The maximum Gasteiger partial charge on any atom is 0.333 e. The lowest BCUT2D eigenvalue weighted by Crippen LogP contribution is -2.42. The van der Waals surface area contributed by atoms with Crippen molar-refractivity contribution in [1.82, 2.24) is 14.5 Å². The predicted molar refractivity (Wildman–Crippen MR) is 129 cm³/mol. The van der Waals surface area contributed by atoms with Crippen molar-refractivity contribution < 1.29 is 23.8 Å². The molecule has 1 atom stereocenters. The van der Waals surface area contributed by atoms with Crippen molar-refractivity contribution in [2.75, 3.05) is 7.11 Å². The van der Waals surface area contributed by atoms with Crippen LogP contribution in [0.3, 0.4) is 0 Å². The van der Waals surface area contributed by atoms with Gasteiger partial charge in [0, 0.05) is 13.5 Å². The van der Waals surface area contributed by atoms with E-state index in [-0.39, 0.29) is 17.1 Å². The second-order valence-electron chi connectivity index (χ2n) is 7.84. The molecular weight excluding hydrogens is 477 g/mol. The number of aliphatic carboxylic acids is 1. The Labute approximate surface area is 204 Å². The van der Waals surface area contributed by atoms with Gasteiger partial charge in [-0.3, -0.25) is 13.9 Å². The number of nitrogens with one attached hydrogen (secondary N) is 1. The molecule has 0 aliphatic carbocycles. The molecule has 2 N–H and O–H groups in total. The second-order valence-corrected chi connectivity index (χ2v) is 8.24. The predicted octanol–water partition coefficient (Wildman–Crippen LogP) is 3.56. The Hall–Kier alpha value is -4.11. The van der Waals surface area contributed by atoms with Gasteiger partial charge in [-0.05, 0) is 42.0 Å². The van der Waals surface area contributed by atoms with Crippen molar-refractivity contribution in [3.8, 4) is 11.4 Å². The van der Waals surface area contributed by atoms with Gasteiger partial charge >= 0.3 is 11.7 Å². The molecule has 0 radical (unpaired) electrons. The van der Waals surface area contributed by atoms with E-state index in [1.54, 1.807) is 43.4 Å². The van der Waals surface area contributed by atoms with Gasteiger partial charge in [-0.2, -0.15) is 0 Å². The maximum absolute atomic E-state index is 14.1. The number of aromatic nitrogens is 2. The summed E-state index contributed by atoms with van der Waals surface area (Å²) in [6.07, 6.45) is -0.0683. The summed E-state index contributed by atoms with van der Waals surface area (Å²) in [5, 5.41) is 11.8. The first-order chi connectivity index (χ1) is 16.7. The summed E-state index contributed by atoms with van der Waals surface area (Å²) in [5.41, 5.74) is 1.76. The van der Waals surface area contributed by atoms with Crippen LogP contribution >= 0.6 is 11.6 Å². The number of nitrogens with zero attached hydrogens (tertiary/aromatic N) is 2. The van der Waals surface area contributed by atoms with Crippen molar-refractivity contribution in [1.29, 1.82) is 0 Å². The summed E-state index contributed by atoms with van der Waals surface area (Å²) in [7, 11) is 3.19. The molecule has 0 saturated carbocycles. The summed E-state index contributed by atoms with van der Waals surface area (Å²) in [5.74, 6) is -2.53. The number of halogens is 2. The van der Waals surface area contributed by atoms with Crippen molar-refractivity contribution in [2.24, 2.45) is 7.05 Å². The van der Waals surface area contributed by atoms with Gasteiger partial charge in [0.1, 0.15) is 23.1 Å². The minimum atomic E-state index is -1.33. The monoisotopic (exact) mass is 497 g/mol. The molecule has 4 rings (SSSR count). The molecule has 3 aromatic carbocycles. The molecule has 1 heterocycles. The first kappa shape index (κ1) is 24.0. The Bertz CT molecular complexity index is 1470. The van der Waals surface area contributed by atoms with E-state index < -0.39 is 29.3 Å². The molecule has 1 amide bonds. The number of hydrogen-bond acceptors (Lipinski definition) is 4. The van der Waals surface area contributed by atoms with Crippen molar-refractivity contribution in [3.63, 3.8) is 0 Å². The molecule has 4 aromatic rings. The molecule has 1 aromatic heterocycles. The highest BCUT2D eigenvalue weighted by Crippen LogP contribution is 2.27. The highest BCUT2D eigenvalue weighted by molar-refractivity contribution is 6.33. The number of carboxylic acid groups (broad SMARTS) is 1. The number of rotatable bonds is 7. The van der Waals surface area contributed by atoms with Crippen LogP contribution in [0.5, 0.6) is 5.75 Å². The van der Waals surface area contributed by atoms with Gasteiger partial charge in [-0.15, -0.1) is 0 Å². The third-order valence-corrected chi connectivity index (χ3v) is 6.00. The molecule has 0 aliphatic rings. The lowest BCUT2D eigenvalue weighted by Gasteiger charge is -2.16. The van der Waals surface area contributed by atoms with Gasteiger partial charge in [-0.1, -0.05) is 35.9 Å². The van der Waals surface area contributed by atoms with Crippen molar-refractivity contribution in [3.05, 3.63) is 93.1 Å². The van der Waals surface area contributed by atoms with E-state index in [4.69, 9.17) is 16.3 Å². The van der Waals surface area contributed by atoms with E-state index in [0.717, 1.165) is 6.07 Å².